The molecule has 0 amide bonds. The monoisotopic (exact) mass is 284 g/mol. The van der Waals surface area contributed by atoms with Gasteiger partial charge in [-0.3, -0.25) is 4.68 Å². The van der Waals surface area contributed by atoms with Gasteiger partial charge in [-0.1, -0.05) is 12.1 Å². The van der Waals surface area contributed by atoms with Gasteiger partial charge in [-0.25, -0.2) is 0 Å². The van der Waals surface area contributed by atoms with Crippen molar-refractivity contribution in [1.29, 1.82) is 0 Å². The average Bonchev–Trinajstić information content (AvgIpc) is 3.07. The van der Waals surface area contributed by atoms with Crippen LogP contribution in [0.25, 0.3) is 10.9 Å². The Hall–Kier alpha value is -2.11. The highest BCUT2D eigenvalue weighted by atomic mass is 16.3. The Kier molecular flexibility index (Phi) is 3.53. The number of aromatic amines is 1. The molecule has 1 aromatic carbocycles. The molecule has 0 aliphatic heterocycles. The summed E-state index contributed by atoms with van der Waals surface area (Å²) in [7, 11) is 1.85. The van der Waals surface area contributed by atoms with E-state index in [4.69, 9.17) is 0 Å². The summed E-state index contributed by atoms with van der Waals surface area (Å²) in [6, 6.07) is 8.27. The van der Waals surface area contributed by atoms with E-state index in [9.17, 15) is 5.11 Å². The van der Waals surface area contributed by atoms with E-state index in [0.717, 1.165) is 11.1 Å². The first kappa shape index (κ1) is 13.9. The normalized spacial score (nSPS) is 14.4. The van der Waals surface area contributed by atoms with Gasteiger partial charge in [0.25, 0.3) is 0 Å². The average molecular weight is 284 g/mol. The molecule has 0 aliphatic rings. The number of rotatable bonds is 5. The van der Waals surface area contributed by atoms with Crippen molar-refractivity contribution >= 4 is 10.9 Å². The molecule has 21 heavy (non-hydrogen) atoms. The third-order valence-electron chi connectivity index (χ3n) is 3.80. The first-order valence-electron chi connectivity index (χ1n) is 7.03. The number of H-pyrrole nitrogens is 1. The summed E-state index contributed by atoms with van der Waals surface area (Å²) in [5.41, 5.74) is 2.24. The van der Waals surface area contributed by atoms with Gasteiger partial charge in [-0.2, -0.15) is 5.10 Å². The topological polar surface area (TPSA) is 65.9 Å². The van der Waals surface area contributed by atoms with Gasteiger partial charge in [-0.05, 0) is 24.6 Å². The zero-order valence-electron chi connectivity index (χ0n) is 12.3. The van der Waals surface area contributed by atoms with Crippen LogP contribution in [0, 0.1) is 0 Å². The highest BCUT2D eigenvalue weighted by molar-refractivity contribution is 5.82. The van der Waals surface area contributed by atoms with E-state index in [1.807, 2.05) is 25.5 Å². The molecule has 3 rings (SSSR count). The smallest absolute Gasteiger partial charge is 0.102 e. The minimum atomic E-state index is -0.930. The fraction of sp³-hybridized carbons (Fsp3) is 0.312. The van der Waals surface area contributed by atoms with E-state index in [1.165, 1.54) is 10.9 Å². The summed E-state index contributed by atoms with van der Waals surface area (Å²) in [6.45, 7) is 2.99. The fourth-order valence-corrected chi connectivity index (χ4v) is 2.55. The zero-order valence-corrected chi connectivity index (χ0v) is 12.3. The molecule has 2 heterocycles. The maximum absolute atomic E-state index is 10.5. The van der Waals surface area contributed by atoms with Crippen molar-refractivity contribution in [1.82, 2.24) is 20.1 Å². The van der Waals surface area contributed by atoms with Gasteiger partial charge < -0.3 is 15.4 Å². The van der Waals surface area contributed by atoms with Gasteiger partial charge in [0.05, 0.1) is 6.20 Å². The third-order valence-corrected chi connectivity index (χ3v) is 3.80. The summed E-state index contributed by atoms with van der Waals surface area (Å²) in [5, 5.41) is 19.2. The first-order chi connectivity index (χ1) is 10.1. The number of nitrogens with one attached hydrogen (secondary N) is 2. The first-order valence-corrected chi connectivity index (χ1v) is 7.03. The predicted molar refractivity (Wildman–Crippen MR) is 82.8 cm³/mol. The van der Waals surface area contributed by atoms with Gasteiger partial charge in [0.15, 0.2) is 0 Å². The number of aromatic nitrogens is 3. The lowest BCUT2D eigenvalue weighted by atomic mass is 9.99. The van der Waals surface area contributed by atoms with Gasteiger partial charge in [0, 0.05) is 49.0 Å². The molecular formula is C16H20N4O. The van der Waals surface area contributed by atoms with E-state index in [2.05, 4.69) is 33.6 Å². The minimum Gasteiger partial charge on any atom is -0.384 e. The van der Waals surface area contributed by atoms with Gasteiger partial charge >= 0.3 is 0 Å². The van der Waals surface area contributed by atoms with Crippen LogP contribution in [0.15, 0.2) is 42.9 Å². The van der Waals surface area contributed by atoms with E-state index >= 15 is 0 Å². The molecule has 0 bridgehead atoms. The molecule has 1 unspecified atom stereocenters. The lowest BCUT2D eigenvalue weighted by Gasteiger charge is -2.22. The summed E-state index contributed by atoms with van der Waals surface area (Å²) in [5.74, 6) is 0. The van der Waals surface area contributed by atoms with Crippen LogP contribution in [-0.2, 0) is 19.2 Å². The second-order valence-corrected chi connectivity index (χ2v) is 5.64. The Morgan fingerprint density at radius 2 is 2.24 bits per heavy atom. The van der Waals surface area contributed by atoms with Crippen LogP contribution in [0.2, 0.25) is 0 Å². The molecule has 0 radical (unpaired) electrons. The van der Waals surface area contributed by atoms with Crippen LogP contribution in [-0.4, -0.2) is 26.4 Å². The Labute approximate surface area is 123 Å². The molecule has 3 aromatic rings. The van der Waals surface area contributed by atoms with Crippen molar-refractivity contribution in [2.45, 2.75) is 19.1 Å². The Bertz CT molecular complexity index is 741. The summed E-state index contributed by atoms with van der Waals surface area (Å²) in [4.78, 5) is 3.21. The third kappa shape index (κ3) is 2.84. The summed E-state index contributed by atoms with van der Waals surface area (Å²) >= 11 is 0. The number of hydrogen-bond acceptors (Lipinski definition) is 3. The molecule has 1 atom stereocenters. The van der Waals surface area contributed by atoms with Crippen LogP contribution in [0.3, 0.4) is 0 Å². The molecule has 0 fully saturated rings. The second kappa shape index (κ2) is 5.35. The van der Waals surface area contributed by atoms with Crippen molar-refractivity contribution in [2.24, 2.45) is 7.05 Å². The molecule has 0 aliphatic carbocycles. The summed E-state index contributed by atoms with van der Waals surface area (Å²) in [6.07, 6.45) is 5.49. The number of benzene rings is 1. The maximum atomic E-state index is 10.5. The van der Waals surface area contributed by atoms with E-state index in [-0.39, 0.29) is 0 Å². The molecule has 110 valence electrons. The van der Waals surface area contributed by atoms with Crippen LogP contribution >= 0.6 is 0 Å². The van der Waals surface area contributed by atoms with Crippen LogP contribution in [0.1, 0.15) is 18.1 Å². The highest BCUT2D eigenvalue weighted by Crippen LogP contribution is 2.20. The Morgan fingerprint density at radius 1 is 1.38 bits per heavy atom. The SMILES string of the molecule is Cn1cc(C(C)(O)CNCc2cccc3[nH]ccc23)cn1. The molecule has 5 nitrogen and oxygen atoms in total. The molecule has 5 heteroatoms. The predicted octanol–water partition coefficient (Wildman–Crippen LogP) is 1.90. The van der Waals surface area contributed by atoms with E-state index < -0.39 is 5.60 Å². The van der Waals surface area contributed by atoms with Crippen LogP contribution < -0.4 is 5.32 Å². The zero-order chi connectivity index (χ0) is 14.9. The maximum Gasteiger partial charge on any atom is 0.102 e. The van der Waals surface area contributed by atoms with Gasteiger partial charge in [0.2, 0.25) is 0 Å². The lowest BCUT2D eigenvalue weighted by molar-refractivity contribution is 0.0566. The fourth-order valence-electron chi connectivity index (χ4n) is 2.55. The number of aryl methyl sites for hydroxylation is 1. The molecule has 2 aromatic heterocycles. The quantitative estimate of drug-likeness (QED) is 0.670. The van der Waals surface area contributed by atoms with Gasteiger partial charge in [-0.15, -0.1) is 0 Å². The van der Waals surface area contributed by atoms with Crippen molar-refractivity contribution in [3.05, 3.63) is 54.0 Å². The molecule has 0 spiro atoms. The number of fused-ring (bicyclic) bond motifs is 1. The molecular weight excluding hydrogens is 264 g/mol. The largest absolute Gasteiger partial charge is 0.384 e. The number of aliphatic hydroxyl groups is 1. The van der Waals surface area contributed by atoms with E-state index in [1.54, 1.807) is 17.8 Å². The van der Waals surface area contributed by atoms with Gasteiger partial charge in [0.1, 0.15) is 5.60 Å². The van der Waals surface area contributed by atoms with Crippen molar-refractivity contribution in [2.75, 3.05) is 6.54 Å². The standard InChI is InChI=1S/C16H20N4O/c1-16(21,13-9-19-20(2)10-13)11-17-8-12-4-3-5-15-14(12)6-7-18-15/h3-7,9-10,17-18,21H,8,11H2,1-2H3. The second-order valence-electron chi connectivity index (χ2n) is 5.64. The highest BCUT2D eigenvalue weighted by Gasteiger charge is 2.24. The number of nitrogens with zero attached hydrogens (tertiary/aromatic N) is 2. The molecule has 3 N–H and O–H groups in total. The molecule has 0 saturated carbocycles. The molecule has 0 saturated heterocycles. The number of hydrogen-bond donors (Lipinski definition) is 3. The van der Waals surface area contributed by atoms with Crippen molar-refractivity contribution < 1.29 is 5.11 Å². The van der Waals surface area contributed by atoms with E-state index in [0.29, 0.717) is 13.1 Å². The summed E-state index contributed by atoms with van der Waals surface area (Å²) < 4.78 is 1.70. The van der Waals surface area contributed by atoms with Crippen molar-refractivity contribution in [3.63, 3.8) is 0 Å². The lowest BCUT2D eigenvalue weighted by Crippen LogP contribution is -2.34. The Balaban J connectivity index is 1.67. The van der Waals surface area contributed by atoms with Crippen molar-refractivity contribution in [3.8, 4) is 0 Å². The minimum absolute atomic E-state index is 0.472. The Morgan fingerprint density at radius 3 is 3.00 bits per heavy atom. The van der Waals surface area contributed by atoms with Crippen LogP contribution in [0.5, 0.6) is 0 Å². The van der Waals surface area contributed by atoms with Crippen LogP contribution in [0.4, 0.5) is 0 Å².